The minimum absolute atomic E-state index is 0.0208. The summed E-state index contributed by atoms with van der Waals surface area (Å²) in [5.74, 6) is -11.5. The van der Waals surface area contributed by atoms with Gasteiger partial charge in [0.15, 0.2) is 35.7 Å². The van der Waals surface area contributed by atoms with Gasteiger partial charge in [0, 0.05) is 84.0 Å². The highest BCUT2D eigenvalue weighted by molar-refractivity contribution is 8.01. The number of ether oxygens (including phenoxy) is 9. The second kappa shape index (κ2) is 48.7. The number of esters is 3. The van der Waals surface area contributed by atoms with Crippen LogP contribution in [0.3, 0.4) is 0 Å². The van der Waals surface area contributed by atoms with Crippen molar-refractivity contribution in [2.24, 2.45) is 0 Å². The summed E-state index contributed by atoms with van der Waals surface area (Å²) in [5, 5.41) is 40.2. The Morgan fingerprint density at radius 1 is 0.413 bits per heavy atom. The second-order valence-corrected chi connectivity index (χ2v) is 41.5. The second-order valence-electron chi connectivity index (χ2n) is 32.2. The van der Waals surface area contributed by atoms with Gasteiger partial charge in [-0.2, -0.15) is 31.1 Å². The Balaban J connectivity index is 0.713. The van der Waals surface area contributed by atoms with Gasteiger partial charge in [0.05, 0.1) is 130 Å². The molecule has 15 rings (SSSR count). The van der Waals surface area contributed by atoms with Crippen molar-refractivity contribution >= 4 is 113 Å². The number of aromatic nitrogens is 9. The van der Waals surface area contributed by atoms with E-state index in [-0.39, 0.29) is 121 Å². The third kappa shape index (κ3) is 26.5. The van der Waals surface area contributed by atoms with Crippen LogP contribution in [0.2, 0.25) is 0 Å². The Labute approximate surface area is 837 Å². The molecule has 740 valence electrons. The number of phosphoric acid groups is 1. The largest absolute Gasteiger partial charge is 0.475 e. The van der Waals surface area contributed by atoms with Gasteiger partial charge in [-0.3, -0.25) is 13.6 Å². The first kappa shape index (κ1) is 105. The number of nitrogens with zero attached hydrogens (tertiary/aromatic N) is 12. The number of nitriles is 3. The normalized spacial score (nSPS) is 18.9. The lowest BCUT2D eigenvalue weighted by atomic mass is 9.89. The van der Waals surface area contributed by atoms with Crippen LogP contribution in [0.1, 0.15) is 117 Å². The third-order valence-corrected chi connectivity index (χ3v) is 31.2. The van der Waals surface area contributed by atoms with Crippen molar-refractivity contribution in [3.05, 3.63) is 370 Å². The van der Waals surface area contributed by atoms with Crippen molar-refractivity contribution in [1.82, 2.24) is 44.3 Å². The van der Waals surface area contributed by atoms with Crippen LogP contribution in [0.15, 0.2) is 236 Å². The molecule has 6 atom stereocenters. The van der Waals surface area contributed by atoms with Crippen molar-refractivity contribution < 1.29 is 115 Å². The first-order valence-corrected chi connectivity index (χ1v) is 50.6. The van der Waals surface area contributed by atoms with E-state index in [0.29, 0.717) is 18.2 Å². The van der Waals surface area contributed by atoms with E-state index >= 15 is 45.3 Å². The zero-order chi connectivity index (χ0) is 101. The summed E-state index contributed by atoms with van der Waals surface area (Å²) in [6, 6.07) is 30.2. The number of allylic oxidation sites excluding steroid dienone is 6. The highest BCUT2D eigenvalue weighted by Crippen LogP contribution is 2.54. The van der Waals surface area contributed by atoms with Crippen LogP contribution >= 0.6 is 77.1 Å². The number of rotatable bonds is 42. The smallest absolute Gasteiger partial charge is 0.447 e. The van der Waals surface area contributed by atoms with Gasteiger partial charge in [0.25, 0.3) is 0 Å². The van der Waals surface area contributed by atoms with E-state index in [9.17, 15) is 29.0 Å². The van der Waals surface area contributed by atoms with Crippen molar-refractivity contribution in [3.8, 4) is 18.2 Å². The number of hydrogen-bond acceptors (Lipinski definition) is 31. The zero-order valence-electron chi connectivity index (χ0n) is 75.6. The lowest BCUT2D eigenvalue weighted by Gasteiger charge is -2.40. The number of phosphoric ester groups is 1. The predicted octanol–water partition coefficient (Wildman–Crippen LogP) is 20.2. The zero-order valence-corrected chi connectivity index (χ0v) is 81.4. The fraction of sp³-hybridized carbons (Fsp3) is 0.273. The van der Waals surface area contributed by atoms with Crippen molar-refractivity contribution in [2.75, 3.05) is 39.6 Å². The minimum atomic E-state index is -5.33. The number of thiophene rings is 3. The van der Waals surface area contributed by atoms with E-state index < -0.39 is 185 Å². The van der Waals surface area contributed by atoms with E-state index in [1.54, 1.807) is 75.5 Å². The molecule has 3 fully saturated rings. The number of carbonyl (C=O) groups excluding carboxylic acids is 3. The molecule has 0 bridgehead atoms. The minimum Gasteiger partial charge on any atom is -0.447 e. The molecule has 0 amide bonds. The molecule has 0 saturated carbocycles. The van der Waals surface area contributed by atoms with E-state index in [0.717, 1.165) is 88.6 Å². The van der Waals surface area contributed by atoms with Gasteiger partial charge in [-0.25, -0.2) is 87.5 Å². The third-order valence-electron chi connectivity index (χ3n) is 22.7. The Bertz CT molecular complexity index is 6220. The van der Waals surface area contributed by atoms with Gasteiger partial charge in [-0.05, 0) is 146 Å². The van der Waals surface area contributed by atoms with Crippen LogP contribution in [0.4, 0.5) is 39.5 Å². The fourth-order valence-electron chi connectivity index (χ4n) is 15.5. The van der Waals surface area contributed by atoms with Gasteiger partial charge in [-0.15, -0.1) is 69.3 Å². The quantitative estimate of drug-likeness (QED) is 0.0113. The van der Waals surface area contributed by atoms with Crippen molar-refractivity contribution in [2.45, 2.75) is 127 Å². The molecule has 6 aromatic carbocycles. The number of benzene rings is 6. The molecular weight excluding hydrogens is 2010 g/mol. The van der Waals surface area contributed by atoms with E-state index in [4.69, 9.17) is 56.2 Å². The van der Waals surface area contributed by atoms with Crippen molar-refractivity contribution in [1.29, 1.82) is 15.8 Å². The molecule has 44 heteroatoms. The topological polar surface area (TPSA) is 343 Å². The molecule has 0 radical (unpaired) electrons. The fourth-order valence-corrected chi connectivity index (χ4v) is 23.0. The average molecular weight is 2090 g/mol. The molecule has 9 heterocycles. The molecular formula is C99H84F9N12O16PS6. The van der Waals surface area contributed by atoms with E-state index in [1.165, 1.54) is 176 Å². The van der Waals surface area contributed by atoms with Crippen LogP contribution in [0.5, 0.6) is 0 Å². The maximum atomic E-state index is 17.0. The summed E-state index contributed by atoms with van der Waals surface area (Å²) in [5.41, 5.74) is -6.32. The van der Waals surface area contributed by atoms with Crippen LogP contribution in [0.25, 0.3) is 18.2 Å². The molecule has 0 unspecified atom stereocenters. The molecule has 3 aliphatic heterocycles. The molecule has 0 spiro atoms. The summed E-state index contributed by atoms with van der Waals surface area (Å²) in [4.78, 5) is 58.3. The first-order chi connectivity index (χ1) is 69.1. The highest BCUT2D eigenvalue weighted by Gasteiger charge is 2.52. The first-order valence-electron chi connectivity index (χ1n) is 43.7. The van der Waals surface area contributed by atoms with Crippen LogP contribution in [-0.4, -0.2) is 152 Å². The Morgan fingerprint density at radius 3 is 0.937 bits per heavy atom. The number of thioether (sulfide) groups is 3. The molecule has 3 saturated heterocycles. The van der Waals surface area contributed by atoms with Gasteiger partial charge in [0.1, 0.15) is 105 Å². The number of carbonyl (C=O) groups is 3. The van der Waals surface area contributed by atoms with Gasteiger partial charge < -0.3 is 42.6 Å². The summed E-state index contributed by atoms with van der Waals surface area (Å²) in [6.45, 7) is 1.17. The lowest BCUT2D eigenvalue weighted by Crippen LogP contribution is -2.47. The molecule has 6 aromatic heterocycles. The SMILES string of the molecule is C[C@@H](S[C@H]1CO[C@H](/C=C/C=C/c2ccc(C#N)cc2F)OC1)[C@@](Cn1cncn1)(OC(=O)c1sccc1COP(=O)(OCc1ccsc1C(=O)O[C@@](Cn1cncn1)(c1ccc(F)cc1F)[C@@H](C)S[C@H]1CO[C@H](/C=C/C=C/c2ccc(C#N)cc2F)OC1)OCc1ccsc1C(=O)O[C@@](Cn1cncn1)(c1ccc(F)cc1F)[C@@H](C)S[C@H]1CO[C@H](/C=C/C=C/c2ccc(C#N)cc2F)OC1)c1ccc(F)cc1F. The monoisotopic (exact) mass is 2090 g/mol. The summed E-state index contributed by atoms with van der Waals surface area (Å²) < 4.78 is 236. The van der Waals surface area contributed by atoms with Crippen LogP contribution in [-0.2, 0) is 117 Å². The van der Waals surface area contributed by atoms with E-state index in [1.807, 2.05) is 18.2 Å². The predicted molar refractivity (Wildman–Crippen MR) is 513 cm³/mol. The lowest BCUT2D eigenvalue weighted by molar-refractivity contribution is -0.146. The number of halogens is 9. The maximum Gasteiger partial charge on any atom is 0.475 e. The van der Waals surface area contributed by atoms with E-state index in [2.05, 4.69) is 30.2 Å². The molecule has 143 heavy (non-hydrogen) atoms. The number of hydrogen-bond donors (Lipinski definition) is 0. The summed E-state index contributed by atoms with van der Waals surface area (Å²) in [6.07, 6.45) is 23.4. The summed E-state index contributed by atoms with van der Waals surface area (Å²) >= 11 is 5.97. The molecule has 12 aromatic rings. The van der Waals surface area contributed by atoms with Crippen molar-refractivity contribution in [3.63, 3.8) is 0 Å². The van der Waals surface area contributed by atoms with Gasteiger partial charge >= 0.3 is 25.7 Å². The van der Waals surface area contributed by atoms with Crippen LogP contribution in [0, 0.1) is 86.3 Å². The standard InChI is InChI=1S/C99H84F9N12O16PS6/c1-61(141-76-46-125-88(126-47-76)13-7-4-10-67-19-16-64(40-109)34-82(67)103)97(52-118-58-112-55-115-118,79-25-22-73(100)37-85(79)106)134-94(121)91-70(28-31-138-91)43-131-137(124,132-44-71-29-32-139-92(71)95(122)135-98(53-119-59-113-56-116-119,80-26-23-74(101)38-86(80)107)62(2)142-77-48-127-89(128-49-77)14-8-5-11-68-20-17-65(41-110)35-83(68)104)133-45-72-30-33-140-93(72)96(123)136-99(54-120-60-114-57-117-120,81-27-24-75(102)39-87(81)108)63(3)143-78-50-129-90(130-51-78)15-9-6-12-69-21-18-66(42-111)36-84(69)105/h4-39,55-63,76-78,88-90H,43-54H2,1-3H3/b10-4+,11-5+,12-6+,13-7+,14-8+,15-9+/t61-,62-,63-,76-,77-,78-,88-,89-,90-,97-,98-,99-/m1/s1. The van der Waals surface area contributed by atoms with Gasteiger partial charge in [0.2, 0.25) is 0 Å². The average Bonchev–Trinajstić information content (AvgIpc) is 1.75. The Hall–Kier alpha value is -12.6. The Morgan fingerprint density at radius 2 is 0.692 bits per heavy atom. The maximum absolute atomic E-state index is 17.0. The van der Waals surface area contributed by atoms with Gasteiger partial charge in [-0.1, -0.05) is 72.9 Å². The molecule has 28 nitrogen and oxygen atoms in total. The molecule has 3 aliphatic rings. The summed E-state index contributed by atoms with van der Waals surface area (Å²) in [7, 11) is -5.33. The highest BCUT2D eigenvalue weighted by atomic mass is 32.2. The van der Waals surface area contributed by atoms with Crippen LogP contribution < -0.4 is 0 Å². The molecule has 0 aliphatic carbocycles. The molecule has 0 N–H and O–H groups in total. The Kier molecular flexibility index (Phi) is 35.7.